The van der Waals surface area contributed by atoms with Gasteiger partial charge in [0.1, 0.15) is 17.0 Å². The van der Waals surface area contributed by atoms with Crippen LogP contribution in [0.25, 0.3) is 44.3 Å². The average molecular weight is 422 g/mol. The Balaban J connectivity index is 1.51. The van der Waals surface area contributed by atoms with Gasteiger partial charge in [0.05, 0.1) is 11.3 Å². The van der Waals surface area contributed by atoms with Crippen LogP contribution < -0.4 is 0 Å². The minimum atomic E-state index is -0.263. The Labute approximate surface area is 186 Å². The number of rotatable bonds is 3. The van der Waals surface area contributed by atoms with Gasteiger partial charge in [-0.2, -0.15) is 0 Å². The predicted molar refractivity (Wildman–Crippen MR) is 128 cm³/mol. The molecule has 0 aliphatic heterocycles. The molecule has 32 heavy (non-hydrogen) atoms. The fourth-order valence-electron chi connectivity index (χ4n) is 5.19. The molecular weight excluding hydrogens is 397 g/mol. The standard InChI is InChI=1S/C29H24FNO/c30-25-17-16-23-22-9-6-10-24(26-11-4-5-18-31-26)28(22)32-29(23)27(25)21-14-12-20(13-15-21)19-7-2-1-3-8-19/h4-6,9-19H,1-3,7-8H2. The van der Waals surface area contributed by atoms with Gasteiger partial charge in [-0.15, -0.1) is 0 Å². The van der Waals surface area contributed by atoms with Crippen LogP contribution in [0.2, 0.25) is 0 Å². The topological polar surface area (TPSA) is 26.0 Å². The molecule has 3 heteroatoms. The van der Waals surface area contributed by atoms with Gasteiger partial charge in [0.25, 0.3) is 0 Å². The highest BCUT2D eigenvalue weighted by Gasteiger charge is 2.20. The fourth-order valence-corrected chi connectivity index (χ4v) is 5.19. The van der Waals surface area contributed by atoms with Gasteiger partial charge in [-0.1, -0.05) is 61.7 Å². The highest BCUT2D eigenvalue weighted by atomic mass is 19.1. The Hall–Kier alpha value is -3.46. The summed E-state index contributed by atoms with van der Waals surface area (Å²) in [6, 6.07) is 23.7. The van der Waals surface area contributed by atoms with Crippen LogP contribution in [0.5, 0.6) is 0 Å². The maximum absolute atomic E-state index is 15.1. The second kappa shape index (κ2) is 7.90. The maximum atomic E-state index is 15.1. The molecule has 1 saturated carbocycles. The van der Waals surface area contributed by atoms with E-state index in [1.54, 1.807) is 12.3 Å². The number of para-hydroxylation sites is 1. The van der Waals surface area contributed by atoms with Crippen molar-refractivity contribution in [3.63, 3.8) is 0 Å². The molecule has 5 aromatic rings. The summed E-state index contributed by atoms with van der Waals surface area (Å²) in [5.74, 6) is 0.368. The third kappa shape index (κ3) is 3.20. The zero-order valence-electron chi connectivity index (χ0n) is 17.9. The predicted octanol–water partition coefficient (Wildman–Crippen LogP) is 8.50. The molecule has 0 saturated heterocycles. The number of pyridine rings is 1. The lowest BCUT2D eigenvalue weighted by Gasteiger charge is -2.22. The molecule has 0 radical (unpaired) electrons. The summed E-state index contributed by atoms with van der Waals surface area (Å²) in [7, 11) is 0. The van der Waals surface area contributed by atoms with Gasteiger partial charge in [0.15, 0.2) is 0 Å². The van der Waals surface area contributed by atoms with Crippen LogP contribution >= 0.6 is 0 Å². The lowest BCUT2D eigenvalue weighted by atomic mass is 9.83. The maximum Gasteiger partial charge on any atom is 0.146 e. The first-order chi connectivity index (χ1) is 15.8. The van der Waals surface area contributed by atoms with Crippen molar-refractivity contribution < 1.29 is 8.81 Å². The van der Waals surface area contributed by atoms with Gasteiger partial charge in [-0.3, -0.25) is 4.98 Å². The van der Waals surface area contributed by atoms with Crippen LogP contribution in [0.4, 0.5) is 4.39 Å². The van der Waals surface area contributed by atoms with Crippen LogP contribution in [0, 0.1) is 5.82 Å². The monoisotopic (exact) mass is 421 g/mol. The SMILES string of the molecule is Fc1ccc2c(oc3c(-c4ccccn4)cccc32)c1-c1ccc(C2CCCCC2)cc1. The molecule has 3 aromatic carbocycles. The van der Waals surface area contributed by atoms with Gasteiger partial charge in [0, 0.05) is 22.5 Å². The second-order valence-electron chi connectivity index (χ2n) is 8.76. The number of benzene rings is 3. The van der Waals surface area contributed by atoms with Crippen molar-refractivity contribution in [2.75, 3.05) is 0 Å². The molecule has 6 rings (SSSR count). The third-order valence-corrected chi connectivity index (χ3v) is 6.83. The number of nitrogens with zero attached hydrogens (tertiary/aromatic N) is 1. The Bertz CT molecular complexity index is 1400. The number of aromatic nitrogens is 1. The summed E-state index contributed by atoms with van der Waals surface area (Å²) in [6.07, 6.45) is 8.23. The Morgan fingerprint density at radius 2 is 1.56 bits per heavy atom. The van der Waals surface area contributed by atoms with Crippen LogP contribution in [0.1, 0.15) is 43.6 Å². The molecule has 2 aromatic heterocycles. The highest BCUT2D eigenvalue weighted by molar-refractivity contribution is 6.12. The largest absolute Gasteiger partial charge is 0.455 e. The zero-order valence-corrected chi connectivity index (χ0v) is 17.9. The normalized spacial score (nSPS) is 14.9. The molecule has 1 aliphatic carbocycles. The molecule has 0 N–H and O–H groups in total. The Morgan fingerprint density at radius 1 is 0.750 bits per heavy atom. The van der Waals surface area contributed by atoms with E-state index in [4.69, 9.17) is 4.42 Å². The zero-order chi connectivity index (χ0) is 21.5. The third-order valence-electron chi connectivity index (χ3n) is 6.83. The van der Waals surface area contributed by atoms with Gasteiger partial charge in [-0.05, 0) is 60.2 Å². The van der Waals surface area contributed by atoms with Crippen LogP contribution in [0.15, 0.2) is 83.4 Å². The highest BCUT2D eigenvalue weighted by Crippen LogP contribution is 2.41. The molecule has 0 bridgehead atoms. The minimum Gasteiger partial charge on any atom is -0.455 e. The van der Waals surface area contributed by atoms with Gasteiger partial charge < -0.3 is 4.42 Å². The lowest BCUT2D eigenvalue weighted by Crippen LogP contribution is -2.04. The van der Waals surface area contributed by atoms with E-state index in [1.807, 2.05) is 42.5 Å². The average Bonchev–Trinajstić information content (AvgIpc) is 3.24. The summed E-state index contributed by atoms with van der Waals surface area (Å²) < 4.78 is 21.5. The number of fused-ring (bicyclic) bond motifs is 3. The van der Waals surface area contributed by atoms with Crippen LogP contribution in [0.3, 0.4) is 0 Å². The summed E-state index contributed by atoms with van der Waals surface area (Å²) in [4.78, 5) is 4.49. The van der Waals surface area contributed by atoms with Gasteiger partial charge in [-0.25, -0.2) is 4.39 Å². The van der Waals surface area contributed by atoms with E-state index < -0.39 is 0 Å². The Kier molecular flexibility index (Phi) is 4.75. The first-order valence-corrected chi connectivity index (χ1v) is 11.4. The van der Waals surface area contributed by atoms with E-state index in [0.717, 1.165) is 33.2 Å². The van der Waals surface area contributed by atoms with Crippen LogP contribution in [-0.4, -0.2) is 4.98 Å². The van der Waals surface area contributed by atoms with E-state index in [0.29, 0.717) is 17.1 Å². The summed E-state index contributed by atoms with van der Waals surface area (Å²) in [6.45, 7) is 0. The van der Waals surface area contributed by atoms with Crippen molar-refractivity contribution in [3.05, 3.63) is 90.4 Å². The van der Waals surface area contributed by atoms with Crippen molar-refractivity contribution in [2.45, 2.75) is 38.0 Å². The molecule has 1 aliphatic rings. The quantitative estimate of drug-likeness (QED) is 0.292. The number of hydrogen-bond donors (Lipinski definition) is 0. The van der Waals surface area contributed by atoms with E-state index in [2.05, 4.69) is 29.2 Å². The first-order valence-electron chi connectivity index (χ1n) is 11.4. The molecule has 0 atom stereocenters. The summed E-state index contributed by atoms with van der Waals surface area (Å²) in [5.41, 5.74) is 5.84. The summed E-state index contributed by atoms with van der Waals surface area (Å²) >= 11 is 0. The van der Waals surface area contributed by atoms with Gasteiger partial charge >= 0.3 is 0 Å². The molecule has 0 unspecified atom stereocenters. The minimum absolute atomic E-state index is 0.263. The van der Waals surface area contributed by atoms with Crippen molar-refractivity contribution in [2.24, 2.45) is 0 Å². The smallest absolute Gasteiger partial charge is 0.146 e. The van der Waals surface area contributed by atoms with Gasteiger partial charge in [0.2, 0.25) is 0 Å². The van der Waals surface area contributed by atoms with Crippen LogP contribution in [-0.2, 0) is 0 Å². The molecule has 1 fully saturated rings. The molecule has 2 nitrogen and oxygen atoms in total. The molecule has 0 spiro atoms. The van der Waals surface area contributed by atoms with Crippen molar-refractivity contribution >= 4 is 21.9 Å². The molecule has 2 heterocycles. The van der Waals surface area contributed by atoms with Crippen molar-refractivity contribution in [1.82, 2.24) is 4.98 Å². The van der Waals surface area contributed by atoms with Crippen molar-refractivity contribution in [1.29, 1.82) is 0 Å². The molecule has 158 valence electrons. The number of hydrogen-bond acceptors (Lipinski definition) is 2. The number of halogens is 1. The fraction of sp³-hybridized carbons (Fsp3) is 0.207. The summed E-state index contributed by atoms with van der Waals surface area (Å²) in [5, 5.41) is 1.90. The van der Waals surface area contributed by atoms with E-state index in [-0.39, 0.29) is 5.82 Å². The molecular formula is C29H24FNO. The van der Waals surface area contributed by atoms with E-state index >= 15 is 4.39 Å². The second-order valence-corrected chi connectivity index (χ2v) is 8.76. The molecule has 0 amide bonds. The number of furan rings is 1. The van der Waals surface area contributed by atoms with Crippen molar-refractivity contribution in [3.8, 4) is 22.4 Å². The first kappa shape index (κ1) is 19.2. The lowest BCUT2D eigenvalue weighted by molar-refractivity contribution is 0.443. The van der Waals surface area contributed by atoms with E-state index in [9.17, 15) is 0 Å². The van der Waals surface area contributed by atoms with E-state index in [1.165, 1.54) is 37.7 Å². The Morgan fingerprint density at radius 3 is 2.34 bits per heavy atom.